The number of quaternary nitrogens is 1. The number of unbranched alkanes of at least 4 members (excludes halogenated alkanes) is 23. The summed E-state index contributed by atoms with van der Waals surface area (Å²) in [6.45, 7) is 4.83. The lowest BCUT2D eigenvalue weighted by Crippen LogP contribution is -2.40. The molecule has 9 heteroatoms. The predicted molar refractivity (Wildman–Crippen MR) is 258 cm³/mol. The van der Waals surface area contributed by atoms with Gasteiger partial charge in [0.25, 0.3) is 6.29 Å². The predicted octanol–water partition coefficient (Wildman–Crippen LogP) is 13.9. The number of likely N-dealkylation sites (N-methyl/N-ethyl adjacent to an activating group) is 1. The van der Waals surface area contributed by atoms with Gasteiger partial charge in [0, 0.05) is 12.8 Å². The standard InChI is InChI=1S/C53H95NO8/c1-6-8-10-12-14-16-18-20-22-24-26-28-30-32-34-36-38-40-42-44-51(56)62-49(48-61-53(52(57)58)59-46-45-54(3,4)5)47-60-50(55)43-41-39-37-35-33-31-29-27-25-23-21-19-17-15-13-11-9-7-2/h14,16,20,22-23,25-26,28,49,53H,6-13,15,17-19,21,24,27,29-48H2,1-5H3/p+1/b16-14-,22-20-,25-23-,28-26-. The highest BCUT2D eigenvalue weighted by Gasteiger charge is 2.25. The highest BCUT2D eigenvalue weighted by molar-refractivity contribution is 5.71. The topological polar surface area (TPSA) is 108 Å². The average Bonchev–Trinajstić information content (AvgIpc) is 3.23. The number of rotatable bonds is 46. The molecule has 0 aromatic rings. The maximum Gasteiger partial charge on any atom is 0.361 e. The van der Waals surface area contributed by atoms with Gasteiger partial charge in [-0.2, -0.15) is 0 Å². The molecule has 0 spiro atoms. The van der Waals surface area contributed by atoms with Gasteiger partial charge >= 0.3 is 17.9 Å². The van der Waals surface area contributed by atoms with E-state index in [0.29, 0.717) is 23.9 Å². The van der Waals surface area contributed by atoms with Crippen LogP contribution in [0.15, 0.2) is 48.6 Å². The van der Waals surface area contributed by atoms with E-state index in [1.807, 2.05) is 21.1 Å². The van der Waals surface area contributed by atoms with Gasteiger partial charge in [-0.15, -0.1) is 0 Å². The number of carbonyl (C=O) groups excluding carboxylic acids is 2. The Labute approximate surface area is 381 Å². The Morgan fingerprint density at radius 1 is 0.484 bits per heavy atom. The van der Waals surface area contributed by atoms with Gasteiger partial charge in [-0.1, -0.05) is 172 Å². The Kier molecular flexibility index (Phi) is 42.9. The molecular weight excluding hydrogens is 779 g/mol. The fourth-order valence-corrected chi connectivity index (χ4v) is 6.84. The zero-order chi connectivity index (χ0) is 45.6. The highest BCUT2D eigenvalue weighted by Crippen LogP contribution is 2.14. The van der Waals surface area contributed by atoms with Crippen LogP contribution in [0.4, 0.5) is 0 Å². The number of esters is 2. The average molecular weight is 875 g/mol. The molecule has 0 aliphatic rings. The summed E-state index contributed by atoms with van der Waals surface area (Å²) in [6.07, 6.45) is 50.2. The second-order valence-corrected chi connectivity index (χ2v) is 18.1. The van der Waals surface area contributed by atoms with E-state index in [-0.39, 0.29) is 32.2 Å². The highest BCUT2D eigenvalue weighted by atomic mass is 16.7. The summed E-state index contributed by atoms with van der Waals surface area (Å²) in [7, 11) is 5.95. The maximum absolute atomic E-state index is 12.8. The van der Waals surface area contributed by atoms with Crippen LogP contribution in [0.2, 0.25) is 0 Å². The van der Waals surface area contributed by atoms with E-state index < -0.39 is 24.3 Å². The van der Waals surface area contributed by atoms with E-state index in [9.17, 15) is 19.5 Å². The van der Waals surface area contributed by atoms with Gasteiger partial charge in [0.2, 0.25) is 0 Å². The summed E-state index contributed by atoms with van der Waals surface area (Å²) in [4.78, 5) is 37.3. The molecule has 1 N–H and O–H groups in total. The molecule has 0 heterocycles. The van der Waals surface area contributed by atoms with Crippen molar-refractivity contribution in [3.8, 4) is 0 Å². The van der Waals surface area contributed by atoms with Crippen molar-refractivity contribution < 1.29 is 42.9 Å². The monoisotopic (exact) mass is 875 g/mol. The van der Waals surface area contributed by atoms with Crippen LogP contribution < -0.4 is 0 Å². The van der Waals surface area contributed by atoms with Gasteiger partial charge < -0.3 is 28.5 Å². The fourth-order valence-electron chi connectivity index (χ4n) is 6.84. The number of allylic oxidation sites excluding steroid dienone is 8. The molecule has 2 unspecified atom stereocenters. The molecule has 0 aliphatic heterocycles. The smallest absolute Gasteiger partial charge is 0.361 e. The maximum atomic E-state index is 12.8. The Hall–Kier alpha value is -2.75. The van der Waals surface area contributed by atoms with Crippen LogP contribution in [0.25, 0.3) is 0 Å². The van der Waals surface area contributed by atoms with Gasteiger partial charge in [-0.25, -0.2) is 4.79 Å². The van der Waals surface area contributed by atoms with Crippen molar-refractivity contribution in [1.29, 1.82) is 0 Å². The van der Waals surface area contributed by atoms with Crippen molar-refractivity contribution in [3.05, 3.63) is 48.6 Å². The Morgan fingerprint density at radius 3 is 1.34 bits per heavy atom. The molecule has 0 saturated carbocycles. The van der Waals surface area contributed by atoms with Gasteiger partial charge in [0.15, 0.2) is 6.10 Å². The number of hydrogen-bond donors (Lipinski definition) is 1. The van der Waals surface area contributed by atoms with E-state index in [1.165, 1.54) is 109 Å². The van der Waals surface area contributed by atoms with Gasteiger partial charge in [-0.3, -0.25) is 9.59 Å². The lowest BCUT2D eigenvalue weighted by molar-refractivity contribution is -0.870. The third-order valence-corrected chi connectivity index (χ3v) is 10.8. The van der Waals surface area contributed by atoms with Gasteiger partial charge in [0.05, 0.1) is 34.4 Å². The number of carboxylic acids is 1. The summed E-state index contributed by atoms with van der Waals surface area (Å²) in [5.74, 6) is -2.03. The molecule has 0 aromatic carbocycles. The number of carbonyl (C=O) groups is 3. The van der Waals surface area contributed by atoms with E-state index in [2.05, 4.69) is 62.5 Å². The minimum atomic E-state index is -1.51. The van der Waals surface area contributed by atoms with Crippen molar-refractivity contribution >= 4 is 17.9 Å². The minimum absolute atomic E-state index is 0.183. The lowest BCUT2D eigenvalue weighted by atomic mass is 10.1. The van der Waals surface area contributed by atoms with E-state index in [0.717, 1.165) is 70.6 Å². The van der Waals surface area contributed by atoms with Crippen LogP contribution in [-0.2, 0) is 33.3 Å². The van der Waals surface area contributed by atoms with Crippen molar-refractivity contribution in [2.75, 3.05) is 47.5 Å². The first-order chi connectivity index (χ1) is 30.1. The Bertz CT molecular complexity index is 1160. The first-order valence-electron chi connectivity index (χ1n) is 25.3. The molecule has 0 aliphatic carbocycles. The molecule has 2 atom stereocenters. The van der Waals surface area contributed by atoms with E-state index in [4.69, 9.17) is 18.9 Å². The van der Waals surface area contributed by atoms with Crippen molar-refractivity contribution in [2.45, 2.75) is 225 Å². The molecule has 62 heavy (non-hydrogen) atoms. The second-order valence-electron chi connectivity index (χ2n) is 18.1. The number of ether oxygens (including phenoxy) is 4. The second kappa shape index (κ2) is 44.8. The molecule has 0 bridgehead atoms. The molecular formula is C53H96NO8+. The Balaban J connectivity index is 4.39. The van der Waals surface area contributed by atoms with Crippen molar-refractivity contribution in [2.24, 2.45) is 0 Å². The summed E-state index contributed by atoms with van der Waals surface area (Å²) in [5, 5.41) is 9.66. The van der Waals surface area contributed by atoms with Crippen LogP contribution in [0.5, 0.6) is 0 Å². The molecule has 0 amide bonds. The third kappa shape index (κ3) is 45.3. The number of nitrogens with zero attached hydrogens (tertiary/aromatic N) is 1. The van der Waals surface area contributed by atoms with Crippen LogP contribution in [-0.4, -0.2) is 87.4 Å². The molecule has 0 fully saturated rings. The Morgan fingerprint density at radius 2 is 0.871 bits per heavy atom. The molecule has 0 rings (SSSR count). The molecule has 0 saturated heterocycles. The molecule has 360 valence electrons. The summed E-state index contributed by atoms with van der Waals surface area (Å²) in [6, 6.07) is 0. The van der Waals surface area contributed by atoms with E-state index >= 15 is 0 Å². The molecule has 9 nitrogen and oxygen atoms in total. The molecule has 0 radical (unpaired) electrons. The number of aliphatic carboxylic acids is 1. The van der Waals surface area contributed by atoms with Crippen LogP contribution >= 0.6 is 0 Å². The first kappa shape index (κ1) is 59.2. The zero-order valence-corrected chi connectivity index (χ0v) is 40.8. The van der Waals surface area contributed by atoms with Crippen LogP contribution in [0.3, 0.4) is 0 Å². The first-order valence-corrected chi connectivity index (χ1v) is 25.3. The van der Waals surface area contributed by atoms with Gasteiger partial charge in [0.1, 0.15) is 13.2 Å². The fraction of sp³-hybridized carbons (Fsp3) is 0.792. The van der Waals surface area contributed by atoms with Crippen LogP contribution in [0.1, 0.15) is 213 Å². The summed E-state index contributed by atoms with van der Waals surface area (Å²) < 4.78 is 22.8. The van der Waals surface area contributed by atoms with Gasteiger partial charge in [-0.05, 0) is 77.0 Å². The zero-order valence-electron chi connectivity index (χ0n) is 40.8. The van der Waals surface area contributed by atoms with Crippen molar-refractivity contribution in [3.63, 3.8) is 0 Å². The minimum Gasteiger partial charge on any atom is -0.477 e. The quantitative estimate of drug-likeness (QED) is 0.0212. The van der Waals surface area contributed by atoms with Crippen molar-refractivity contribution in [1.82, 2.24) is 0 Å². The molecule has 0 aromatic heterocycles. The normalized spacial score (nSPS) is 13.2. The summed E-state index contributed by atoms with van der Waals surface area (Å²) in [5.41, 5.74) is 0. The number of carboxylic acid groups (broad SMARTS) is 1. The lowest BCUT2D eigenvalue weighted by Gasteiger charge is -2.25. The summed E-state index contributed by atoms with van der Waals surface area (Å²) >= 11 is 0. The number of hydrogen-bond acceptors (Lipinski definition) is 7. The third-order valence-electron chi connectivity index (χ3n) is 10.8. The van der Waals surface area contributed by atoms with Crippen LogP contribution in [0, 0.1) is 0 Å². The SMILES string of the molecule is CCCCC/C=C\C/C=C\C/C=C\CCCCCCCCC(=O)OC(COC(=O)CCCCCCCCC/C=C\CCCCCCCCC)COC(OCC[N+](C)(C)C)C(=O)O. The van der Waals surface area contributed by atoms with E-state index in [1.54, 1.807) is 0 Å². The largest absolute Gasteiger partial charge is 0.477 e.